The molecule has 1 aliphatic heterocycles. The number of fused-ring (bicyclic) bond motifs is 1. The van der Waals surface area contributed by atoms with E-state index in [9.17, 15) is 8.42 Å². The predicted molar refractivity (Wildman–Crippen MR) is 87.1 cm³/mol. The molecule has 120 valence electrons. The van der Waals surface area contributed by atoms with Gasteiger partial charge in [0.05, 0.1) is 18.4 Å². The van der Waals surface area contributed by atoms with Gasteiger partial charge in [-0.05, 0) is 29.3 Å². The van der Waals surface area contributed by atoms with Gasteiger partial charge in [-0.15, -0.1) is 4.40 Å². The number of benzene rings is 2. The first kappa shape index (κ1) is 15.4. The molecule has 23 heavy (non-hydrogen) atoms. The van der Waals surface area contributed by atoms with Crippen LogP contribution >= 0.6 is 0 Å². The molecule has 2 N–H and O–H groups in total. The molecule has 0 aliphatic carbocycles. The van der Waals surface area contributed by atoms with E-state index in [-0.39, 0.29) is 11.6 Å². The summed E-state index contributed by atoms with van der Waals surface area (Å²) in [7, 11) is -1.93. The summed E-state index contributed by atoms with van der Waals surface area (Å²) in [6.45, 7) is 0.334. The summed E-state index contributed by atoms with van der Waals surface area (Å²) in [5.41, 5.74) is 7.92. The molecule has 0 radical (unpaired) electrons. The minimum Gasteiger partial charge on any atom is -0.497 e. The average molecular weight is 332 g/mol. The number of ether oxygens (including phenoxy) is 2. The van der Waals surface area contributed by atoms with Crippen LogP contribution in [0.15, 0.2) is 46.9 Å². The van der Waals surface area contributed by atoms with Crippen molar-refractivity contribution in [3.63, 3.8) is 0 Å². The molecule has 1 heterocycles. The van der Waals surface area contributed by atoms with Gasteiger partial charge in [0.1, 0.15) is 23.9 Å². The van der Waals surface area contributed by atoms with Crippen molar-refractivity contribution in [2.24, 2.45) is 10.1 Å². The van der Waals surface area contributed by atoms with E-state index in [2.05, 4.69) is 4.40 Å². The number of nitrogens with zero attached hydrogens (tertiary/aromatic N) is 1. The molecule has 0 fully saturated rings. The Kier molecular flexibility index (Phi) is 3.96. The SMILES string of the molecule is COc1ccc(COc2cccc3c2C(N)=NS(=O)(=O)C3)cc1. The van der Waals surface area contributed by atoms with Crippen molar-refractivity contribution in [2.75, 3.05) is 7.11 Å². The van der Waals surface area contributed by atoms with E-state index < -0.39 is 10.0 Å². The first-order valence-electron chi connectivity index (χ1n) is 6.94. The average Bonchev–Trinajstić information content (AvgIpc) is 2.51. The fourth-order valence-corrected chi connectivity index (χ4v) is 3.50. The summed E-state index contributed by atoms with van der Waals surface area (Å²) in [6, 6.07) is 12.7. The van der Waals surface area contributed by atoms with Gasteiger partial charge in [0.25, 0.3) is 10.0 Å². The van der Waals surface area contributed by atoms with Gasteiger partial charge in [-0.2, -0.15) is 0 Å². The molecule has 0 aromatic heterocycles. The number of rotatable bonds is 4. The zero-order valence-electron chi connectivity index (χ0n) is 12.5. The molecule has 6 nitrogen and oxygen atoms in total. The van der Waals surface area contributed by atoms with E-state index in [4.69, 9.17) is 15.2 Å². The highest BCUT2D eigenvalue weighted by Crippen LogP contribution is 2.28. The highest BCUT2D eigenvalue weighted by molar-refractivity contribution is 7.89. The maximum Gasteiger partial charge on any atom is 0.259 e. The molecule has 0 saturated heterocycles. The Labute approximate surface area is 134 Å². The molecule has 0 unspecified atom stereocenters. The molecule has 0 bridgehead atoms. The summed E-state index contributed by atoms with van der Waals surface area (Å²) >= 11 is 0. The van der Waals surface area contributed by atoms with Crippen molar-refractivity contribution in [1.29, 1.82) is 0 Å². The number of amidine groups is 1. The molecule has 0 amide bonds. The Morgan fingerprint density at radius 3 is 2.61 bits per heavy atom. The first-order chi connectivity index (χ1) is 11.0. The number of sulfonamides is 1. The second-order valence-corrected chi connectivity index (χ2v) is 6.76. The lowest BCUT2D eigenvalue weighted by Crippen LogP contribution is -2.24. The van der Waals surface area contributed by atoms with Crippen LogP contribution in [0.1, 0.15) is 16.7 Å². The number of methoxy groups -OCH3 is 1. The van der Waals surface area contributed by atoms with Crippen LogP contribution in [0, 0.1) is 0 Å². The zero-order valence-corrected chi connectivity index (χ0v) is 13.3. The fourth-order valence-electron chi connectivity index (χ4n) is 2.41. The summed E-state index contributed by atoms with van der Waals surface area (Å²) in [5, 5.41) is 0. The number of hydrogen-bond acceptors (Lipinski definition) is 5. The normalized spacial score (nSPS) is 15.4. The Balaban J connectivity index is 1.84. The summed E-state index contributed by atoms with van der Waals surface area (Å²) < 4.78 is 37.8. The molecule has 3 rings (SSSR count). The van der Waals surface area contributed by atoms with Crippen LogP contribution in [0.4, 0.5) is 0 Å². The van der Waals surface area contributed by atoms with E-state index in [1.807, 2.05) is 24.3 Å². The van der Waals surface area contributed by atoms with Crippen molar-refractivity contribution < 1.29 is 17.9 Å². The molecule has 1 aliphatic rings. The summed E-state index contributed by atoms with van der Waals surface area (Å²) in [5.74, 6) is 1.10. The van der Waals surface area contributed by atoms with Crippen molar-refractivity contribution >= 4 is 15.9 Å². The highest BCUT2D eigenvalue weighted by Gasteiger charge is 2.25. The number of hydrogen-bond donors (Lipinski definition) is 1. The molecule has 0 saturated carbocycles. The van der Waals surface area contributed by atoms with Crippen molar-refractivity contribution in [3.05, 3.63) is 59.2 Å². The first-order valence-corrected chi connectivity index (χ1v) is 8.55. The van der Waals surface area contributed by atoms with E-state index >= 15 is 0 Å². The third-order valence-corrected chi connectivity index (χ3v) is 4.65. The quantitative estimate of drug-likeness (QED) is 0.922. The maximum absolute atomic E-state index is 11.7. The van der Waals surface area contributed by atoms with Crippen LogP contribution in [0.3, 0.4) is 0 Å². The second-order valence-electron chi connectivity index (χ2n) is 5.13. The topological polar surface area (TPSA) is 91.0 Å². The minimum atomic E-state index is -3.54. The Hall–Kier alpha value is -2.54. The third kappa shape index (κ3) is 3.29. The standard InChI is InChI=1S/C16H16N2O4S/c1-21-13-7-5-11(6-8-13)9-22-14-4-2-3-12-10-23(19,20)18-16(17)15(12)14/h2-8H,9-10H2,1H3,(H2,17,18). The molecule has 0 spiro atoms. The van der Waals surface area contributed by atoms with Crippen molar-refractivity contribution in [3.8, 4) is 11.5 Å². The molecular weight excluding hydrogens is 316 g/mol. The van der Waals surface area contributed by atoms with Crippen molar-refractivity contribution in [1.82, 2.24) is 0 Å². The summed E-state index contributed by atoms with van der Waals surface area (Å²) in [4.78, 5) is 0. The Bertz CT molecular complexity index is 858. The van der Waals surface area contributed by atoms with E-state index in [0.717, 1.165) is 11.3 Å². The van der Waals surface area contributed by atoms with Crippen LogP contribution in [-0.2, 0) is 22.4 Å². The molecule has 2 aromatic rings. The van der Waals surface area contributed by atoms with Gasteiger partial charge in [-0.1, -0.05) is 24.3 Å². The molecular formula is C16H16N2O4S. The predicted octanol–water partition coefficient (Wildman–Crippen LogP) is 1.82. The van der Waals surface area contributed by atoms with Gasteiger partial charge in [0.15, 0.2) is 0 Å². The minimum absolute atomic E-state index is 0.0309. The lowest BCUT2D eigenvalue weighted by molar-refractivity contribution is 0.305. The van der Waals surface area contributed by atoms with E-state index in [1.165, 1.54) is 0 Å². The van der Waals surface area contributed by atoms with Crippen LogP contribution in [0.25, 0.3) is 0 Å². The second kappa shape index (κ2) is 5.92. The molecule has 7 heteroatoms. The smallest absolute Gasteiger partial charge is 0.259 e. The van der Waals surface area contributed by atoms with Crippen LogP contribution in [-0.4, -0.2) is 21.4 Å². The largest absolute Gasteiger partial charge is 0.497 e. The summed E-state index contributed by atoms with van der Waals surface area (Å²) in [6.07, 6.45) is 0. The maximum atomic E-state index is 11.7. The van der Waals surface area contributed by atoms with E-state index in [0.29, 0.717) is 23.5 Å². The van der Waals surface area contributed by atoms with Crippen LogP contribution < -0.4 is 15.2 Å². The fraction of sp³-hybridized carbons (Fsp3) is 0.188. The highest BCUT2D eigenvalue weighted by atomic mass is 32.2. The van der Waals surface area contributed by atoms with Gasteiger partial charge in [-0.3, -0.25) is 0 Å². The monoisotopic (exact) mass is 332 g/mol. The van der Waals surface area contributed by atoms with Gasteiger partial charge >= 0.3 is 0 Å². The van der Waals surface area contributed by atoms with Crippen LogP contribution in [0.2, 0.25) is 0 Å². The van der Waals surface area contributed by atoms with E-state index in [1.54, 1.807) is 25.3 Å². The zero-order chi connectivity index (χ0) is 16.4. The van der Waals surface area contributed by atoms with Crippen molar-refractivity contribution in [2.45, 2.75) is 12.4 Å². The van der Waals surface area contributed by atoms with Gasteiger partial charge in [0, 0.05) is 0 Å². The number of nitrogens with two attached hydrogens (primary N) is 1. The lowest BCUT2D eigenvalue weighted by Gasteiger charge is -2.18. The Morgan fingerprint density at radius 1 is 1.17 bits per heavy atom. The van der Waals surface area contributed by atoms with Gasteiger partial charge in [0.2, 0.25) is 0 Å². The van der Waals surface area contributed by atoms with Gasteiger partial charge in [-0.25, -0.2) is 8.42 Å². The van der Waals surface area contributed by atoms with Crippen LogP contribution in [0.5, 0.6) is 11.5 Å². The molecule has 0 atom stereocenters. The molecule has 2 aromatic carbocycles. The lowest BCUT2D eigenvalue weighted by atomic mass is 10.1. The van der Waals surface area contributed by atoms with Gasteiger partial charge < -0.3 is 15.2 Å². The third-order valence-electron chi connectivity index (χ3n) is 3.50. The Morgan fingerprint density at radius 2 is 1.91 bits per heavy atom.